The van der Waals surface area contributed by atoms with Crippen LogP contribution in [0.4, 0.5) is 13.2 Å². The van der Waals surface area contributed by atoms with E-state index in [4.69, 9.17) is 0 Å². The first-order valence-corrected chi connectivity index (χ1v) is 6.68. The van der Waals surface area contributed by atoms with Gasteiger partial charge in [0.1, 0.15) is 0 Å². The predicted octanol–water partition coefficient (Wildman–Crippen LogP) is 2.70. The lowest BCUT2D eigenvalue weighted by Gasteiger charge is -2.28. The number of amides is 1. The van der Waals surface area contributed by atoms with E-state index in [1.54, 1.807) is 4.90 Å². The first-order valence-electron chi connectivity index (χ1n) is 6.68. The third-order valence-electron chi connectivity index (χ3n) is 3.43. The fourth-order valence-electron chi connectivity index (χ4n) is 2.14. The molecule has 1 fully saturated rings. The Bertz CT molecular complexity index is 515. The molecule has 0 bridgehead atoms. The Kier molecular flexibility index (Phi) is 4.67. The number of rotatable bonds is 2. The topological polar surface area (TPSA) is 40.5 Å². The Balaban J connectivity index is 1.96. The third kappa shape index (κ3) is 4.32. The molecule has 0 aliphatic carbocycles. The predicted molar refractivity (Wildman–Crippen MR) is 72.3 cm³/mol. The van der Waals surface area contributed by atoms with Crippen LogP contribution in [0.5, 0.6) is 0 Å². The minimum absolute atomic E-state index is 0.193. The van der Waals surface area contributed by atoms with Crippen molar-refractivity contribution in [3.63, 3.8) is 0 Å². The van der Waals surface area contributed by atoms with Gasteiger partial charge in [-0.05, 0) is 36.6 Å². The van der Waals surface area contributed by atoms with E-state index in [1.165, 1.54) is 24.3 Å². The fraction of sp³-hybridized carbons (Fsp3) is 0.400. The summed E-state index contributed by atoms with van der Waals surface area (Å²) in [6.45, 7) is 0.995. The number of aliphatic hydroxyl groups excluding tert-OH is 1. The van der Waals surface area contributed by atoms with E-state index in [1.807, 2.05) is 0 Å². The Labute approximate surface area is 120 Å². The number of alkyl halides is 3. The van der Waals surface area contributed by atoms with Crippen LogP contribution in [0.2, 0.25) is 0 Å². The van der Waals surface area contributed by atoms with Crippen molar-refractivity contribution in [2.45, 2.75) is 25.1 Å². The molecule has 6 heteroatoms. The van der Waals surface area contributed by atoms with Crippen molar-refractivity contribution in [2.24, 2.45) is 0 Å². The molecule has 0 unspecified atom stereocenters. The third-order valence-corrected chi connectivity index (χ3v) is 3.43. The Morgan fingerprint density at radius 2 is 1.76 bits per heavy atom. The molecule has 114 valence electrons. The number of hydrogen-bond donors (Lipinski definition) is 1. The van der Waals surface area contributed by atoms with E-state index >= 15 is 0 Å². The van der Waals surface area contributed by atoms with E-state index in [0.717, 1.165) is 12.1 Å². The maximum Gasteiger partial charge on any atom is 0.416 e. The lowest BCUT2D eigenvalue weighted by atomic mass is 10.1. The van der Waals surface area contributed by atoms with Crippen LogP contribution in [-0.2, 0) is 11.0 Å². The van der Waals surface area contributed by atoms with Crippen molar-refractivity contribution in [1.29, 1.82) is 0 Å². The fourth-order valence-corrected chi connectivity index (χ4v) is 2.14. The lowest BCUT2D eigenvalue weighted by molar-refractivity contribution is -0.137. The number of halogens is 3. The van der Waals surface area contributed by atoms with Crippen molar-refractivity contribution >= 4 is 12.0 Å². The van der Waals surface area contributed by atoms with Crippen LogP contribution in [0, 0.1) is 0 Å². The number of carbonyl (C=O) groups is 1. The monoisotopic (exact) mass is 299 g/mol. The van der Waals surface area contributed by atoms with E-state index in [2.05, 4.69) is 0 Å². The average molecular weight is 299 g/mol. The summed E-state index contributed by atoms with van der Waals surface area (Å²) in [6.07, 6.45) is -0.756. The van der Waals surface area contributed by atoms with Crippen LogP contribution < -0.4 is 0 Å². The number of hydrogen-bond acceptors (Lipinski definition) is 2. The van der Waals surface area contributed by atoms with Gasteiger partial charge in [-0.2, -0.15) is 13.2 Å². The van der Waals surface area contributed by atoms with Crippen molar-refractivity contribution in [3.8, 4) is 0 Å². The van der Waals surface area contributed by atoms with Crippen LogP contribution in [0.1, 0.15) is 24.0 Å². The van der Waals surface area contributed by atoms with Gasteiger partial charge in [-0.1, -0.05) is 12.1 Å². The number of nitrogens with zero attached hydrogens (tertiary/aromatic N) is 1. The molecule has 0 saturated carbocycles. The van der Waals surface area contributed by atoms with Gasteiger partial charge in [0.25, 0.3) is 0 Å². The highest BCUT2D eigenvalue weighted by atomic mass is 19.4. The van der Waals surface area contributed by atoms with Gasteiger partial charge < -0.3 is 10.0 Å². The number of aliphatic hydroxyl groups is 1. The molecule has 3 nitrogen and oxygen atoms in total. The van der Waals surface area contributed by atoms with E-state index in [0.29, 0.717) is 31.5 Å². The molecule has 0 radical (unpaired) electrons. The molecule has 0 aromatic heterocycles. The smallest absolute Gasteiger partial charge is 0.393 e. The Morgan fingerprint density at radius 3 is 2.29 bits per heavy atom. The molecule has 1 amide bonds. The largest absolute Gasteiger partial charge is 0.416 e. The van der Waals surface area contributed by atoms with Crippen molar-refractivity contribution < 1.29 is 23.1 Å². The highest BCUT2D eigenvalue weighted by Gasteiger charge is 2.29. The zero-order chi connectivity index (χ0) is 15.5. The Hall–Kier alpha value is -1.82. The molecule has 1 saturated heterocycles. The summed E-state index contributed by atoms with van der Waals surface area (Å²) in [5.41, 5.74) is -0.176. The van der Waals surface area contributed by atoms with Gasteiger partial charge >= 0.3 is 6.18 Å². The summed E-state index contributed by atoms with van der Waals surface area (Å²) >= 11 is 0. The van der Waals surface area contributed by atoms with E-state index < -0.39 is 11.7 Å². The summed E-state index contributed by atoms with van der Waals surface area (Å²) < 4.78 is 37.2. The molecule has 1 aliphatic rings. The van der Waals surface area contributed by atoms with Gasteiger partial charge in [-0.15, -0.1) is 0 Å². The number of benzene rings is 1. The molecule has 1 aromatic carbocycles. The highest BCUT2D eigenvalue weighted by Crippen LogP contribution is 2.29. The van der Waals surface area contributed by atoms with Crippen molar-refractivity contribution in [1.82, 2.24) is 4.90 Å². The van der Waals surface area contributed by atoms with E-state index in [9.17, 15) is 23.1 Å². The summed E-state index contributed by atoms with van der Waals surface area (Å²) in [5, 5.41) is 9.36. The van der Waals surface area contributed by atoms with Crippen molar-refractivity contribution in [2.75, 3.05) is 13.1 Å². The molecule has 2 rings (SSSR count). The molecular formula is C15H16F3NO2. The van der Waals surface area contributed by atoms with Crippen LogP contribution in [0.25, 0.3) is 6.08 Å². The molecular weight excluding hydrogens is 283 g/mol. The van der Waals surface area contributed by atoms with E-state index in [-0.39, 0.29) is 12.0 Å². The molecule has 1 N–H and O–H groups in total. The minimum atomic E-state index is -4.35. The molecule has 1 heterocycles. The van der Waals surface area contributed by atoms with Gasteiger partial charge in [0.15, 0.2) is 0 Å². The zero-order valence-electron chi connectivity index (χ0n) is 11.3. The second kappa shape index (κ2) is 6.30. The van der Waals surface area contributed by atoms with Crippen LogP contribution >= 0.6 is 0 Å². The standard InChI is InChI=1S/C15H16F3NO2/c16-15(17,18)12-4-1-11(2-5-12)3-6-14(21)19-9-7-13(20)8-10-19/h1-6,13,20H,7-10H2. The van der Waals surface area contributed by atoms with Crippen molar-refractivity contribution in [3.05, 3.63) is 41.5 Å². The second-order valence-electron chi connectivity index (χ2n) is 5.01. The lowest BCUT2D eigenvalue weighted by Crippen LogP contribution is -2.39. The normalized spacial score (nSPS) is 17.4. The van der Waals surface area contributed by atoms with Crippen LogP contribution in [0.3, 0.4) is 0 Å². The molecule has 1 aliphatic heterocycles. The summed E-state index contributed by atoms with van der Waals surface area (Å²) in [4.78, 5) is 13.5. The Morgan fingerprint density at radius 1 is 1.19 bits per heavy atom. The molecule has 0 spiro atoms. The number of piperidine rings is 1. The maximum atomic E-state index is 12.4. The number of carbonyl (C=O) groups excluding carboxylic acids is 1. The van der Waals surface area contributed by atoms with Gasteiger partial charge in [0.05, 0.1) is 11.7 Å². The zero-order valence-corrected chi connectivity index (χ0v) is 11.3. The molecule has 1 aromatic rings. The maximum absolute atomic E-state index is 12.4. The molecule has 21 heavy (non-hydrogen) atoms. The van der Waals surface area contributed by atoms with Gasteiger partial charge in [-0.25, -0.2) is 0 Å². The quantitative estimate of drug-likeness (QED) is 0.853. The summed E-state index contributed by atoms with van der Waals surface area (Å²) in [7, 11) is 0. The van der Waals surface area contributed by atoms with Gasteiger partial charge in [-0.3, -0.25) is 4.79 Å². The summed E-state index contributed by atoms with van der Waals surface area (Å²) in [5.74, 6) is -0.193. The first-order chi connectivity index (χ1) is 9.86. The SMILES string of the molecule is O=C(C=Cc1ccc(C(F)(F)F)cc1)N1CCC(O)CC1. The molecule has 0 atom stereocenters. The second-order valence-corrected chi connectivity index (χ2v) is 5.01. The number of likely N-dealkylation sites (tertiary alicyclic amines) is 1. The van der Waals surface area contributed by atoms with Gasteiger partial charge in [0.2, 0.25) is 5.91 Å². The van der Waals surface area contributed by atoms with Crippen LogP contribution in [-0.4, -0.2) is 35.1 Å². The minimum Gasteiger partial charge on any atom is -0.393 e. The first kappa shape index (κ1) is 15.6. The average Bonchev–Trinajstić information content (AvgIpc) is 2.45. The van der Waals surface area contributed by atoms with Gasteiger partial charge in [0, 0.05) is 19.2 Å². The van der Waals surface area contributed by atoms with Crippen LogP contribution in [0.15, 0.2) is 30.3 Å². The highest BCUT2D eigenvalue weighted by molar-refractivity contribution is 5.91. The summed E-state index contributed by atoms with van der Waals surface area (Å²) in [6, 6.07) is 4.63.